The van der Waals surface area contributed by atoms with Crippen LogP contribution in [0.3, 0.4) is 0 Å². The Hall–Kier alpha value is -5.36. The number of benzene rings is 3. The number of nitrogens with zero attached hydrogens (tertiary/aromatic N) is 1. The minimum Gasteiger partial charge on any atom is -0.488 e. The Morgan fingerprint density at radius 1 is 0.680 bits per heavy atom. The average Bonchev–Trinajstić information content (AvgIpc) is 3.76. The average molecular weight is 1080 g/mol. The minimum atomic E-state index is -1.05. The quantitative estimate of drug-likeness (QED) is 0.0335. The minimum absolute atomic E-state index is 0.0335. The number of anilines is 2. The molecular formula is C53H78ClN5O16. The lowest BCUT2D eigenvalue weighted by Gasteiger charge is -2.24. The van der Waals surface area contributed by atoms with Crippen LogP contribution >= 0.6 is 11.6 Å². The fourth-order valence-corrected chi connectivity index (χ4v) is 7.68. The van der Waals surface area contributed by atoms with Crippen LogP contribution in [0.15, 0.2) is 54.6 Å². The lowest BCUT2D eigenvalue weighted by Crippen LogP contribution is -2.53. The van der Waals surface area contributed by atoms with E-state index in [1.165, 1.54) is 4.90 Å². The van der Waals surface area contributed by atoms with Gasteiger partial charge in [-0.2, -0.15) is 0 Å². The second-order valence-electron chi connectivity index (χ2n) is 18.7. The number of nitrogens with one attached hydrogen (secondary N) is 4. The lowest BCUT2D eigenvalue weighted by molar-refractivity contribution is -0.132. The highest BCUT2D eigenvalue weighted by Gasteiger charge is 2.35. The third kappa shape index (κ3) is 23.6. The second kappa shape index (κ2) is 34.3. The molecule has 22 heteroatoms. The van der Waals surface area contributed by atoms with E-state index in [1.54, 1.807) is 71.9 Å². The topological polar surface area (TPSA) is 249 Å². The fraction of sp³-hybridized carbons (Fsp3) is 0.604. The van der Waals surface area contributed by atoms with Gasteiger partial charge in [0.2, 0.25) is 17.7 Å². The Labute approximate surface area is 445 Å². The highest BCUT2D eigenvalue weighted by atomic mass is 35.5. The molecule has 0 radical (unpaired) electrons. The third-order valence-corrected chi connectivity index (χ3v) is 11.5. The number of carbonyl (C=O) groups is 5. The number of rotatable bonds is 37. The van der Waals surface area contributed by atoms with Gasteiger partial charge in [-0.3, -0.25) is 19.3 Å². The lowest BCUT2D eigenvalue weighted by atomic mass is 9.95. The molecule has 1 aliphatic heterocycles. The molecule has 1 heterocycles. The van der Waals surface area contributed by atoms with E-state index in [-0.39, 0.29) is 50.5 Å². The summed E-state index contributed by atoms with van der Waals surface area (Å²) in [5.74, 6) is -0.857. The number of fused-ring (bicyclic) bond motifs is 3. The Bertz CT molecular complexity index is 2200. The third-order valence-electron chi connectivity index (χ3n) is 11.2. The smallest absolute Gasteiger partial charge is 0.411 e. The Balaban J connectivity index is 0.961. The Kier molecular flexibility index (Phi) is 28.5. The van der Waals surface area contributed by atoms with Crippen LogP contribution in [0.1, 0.15) is 65.0 Å². The number of hydrogen-bond donors (Lipinski definition) is 5. The van der Waals surface area contributed by atoms with Gasteiger partial charge < -0.3 is 73.7 Å². The Morgan fingerprint density at radius 3 is 1.68 bits per heavy atom. The molecular weight excluding hydrogens is 998 g/mol. The van der Waals surface area contributed by atoms with Crippen molar-refractivity contribution < 1.29 is 76.4 Å². The molecule has 0 aliphatic carbocycles. The fourth-order valence-electron chi connectivity index (χ4n) is 7.43. The van der Waals surface area contributed by atoms with Crippen LogP contribution in [0, 0.1) is 5.92 Å². The molecule has 5 amide bonds. The van der Waals surface area contributed by atoms with Crippen molar-refractivity contribution in [3.8, 4) is 5.75 Å². The number of halogens is 1. The first-order valence-electron chi connectivity index (χ1n) is 25.4. The van der Waals surface area contributed by atoms with E-state index in [2.05, 4.69) is 21.3 Å². The summed E-state index contributed by atoms with van der Waals surface area (Å²) in [6, 6.07) is 14.7. The molecule has 2 unspecified atom stereocenters. The van der Waals surface area contributed by atoms with Gasteiger partial charge >= 0.3 is 12.2 Å². The molecule has 0 spiro atoms. The normalized spacial score (nSPS) is 14.1. The van der Waals surface area contributed by atoms with Crippen molar-refractivity contribution in [3.63, 3.8) is 0 Å². The van der Waals surface area contributed by atoms with E-state index in [9.17, 15) is 29.1 Å². The predicted octanol–water partition coefficient (Wildman–Crippen LogP) is 5.87. The van der Waals surface area contributed by atoms with Crippen molar-refractivity contribution >= 4 is 63.7 Å². The molecule has 0 fully saturated rings. The summed E-state index contributed by atoms with van der Waals surface area (Å²) in [4.78, 5) is 64.0. The van der Waals surface area contributed by atoms with Gasteiger partial charge in [-0.1, -0.05) is 50.2 Å². The standard InChI is InChI=1S/C53H78ClN5O16/c1-37(2)48(58-46(60)15-17-66-19-21-68-23-25-70-27-29-72-31-32-73-30-28-71-26-24-69-22-20-67-18-16-55-51(63)75-53(4,5)6)50(62)56-38(3)49(61)57-41-13-11-39(12-14-41)36-74-45-33-44-47(43-10-8-7-9-42(43)45)40(34-54)35-59(44)52(64)65/h7-14,33,37-38,40,48H,15-32,34-36H2,1-6H3,(H,55,63)(H,56,62)(H,57,61)(H,58,60)(H,64,65)/t38?,40-,48?/m1/s1. The van der Waals surface area contributed by atoms with Crippen LogP contribution in [-0.2, 0) is 63.6 Å². The summed E-state index contributed by atoms with van der Waals surface area (Å²) in [7, 11) is 0. The molecule has 418 valence electrons. The monoisotopic (exact) mass is 1080 g/mol. The summed E-state index contributed by atoms with van der Waals surface area (Å²) in [5.41, 5.74) is 2.24. The molecule has 3 atom stereocenters. The van der Waals surface area contributed by atoms with Gasteiger partial charge in [0, 0.05) is 48.4 Å². The van der Waals surface area contributed by atoms with Crippen LogP contribution in [0.5, 0.6) is 5.75 Å². The van der Waals surface area contributed by atoms with E-state index < -0.39 is 41.7 Å². The van der Waals surface area contributed by atoms with E-state index >= 15 is 0 Å². The first-order valence-corrected chi connectivity index (χ1v) is 25.9. The number of amides is 5. The van der Waals surface area contributed by atoms with Crippen molar-refractivity contribution in [2.45, 2.75) is 78.2 Å². The molecule has 5 N–H and O–H groups in total. The molecule has 4 rings (SSSR count). The van der Waals surface area contributed by atoms with Crippen molar-refractivity contribution in [2.75, 3.05) is 135 Å². The van der Waals surface area contributed by atoms with Gasteiger partial charge in [0.05, 0.1) is 111 Å². The number of alkyl carbamates (subject to hydrolysis) is 1. The van der Waals surface area contributed by atoms with Gasteiger partial charge in [-0.15, -0.1) is 11.6 Å². The summed E-state index contributed by atoms with van der Waals surface area (Å²) >= 11 is 6.25. The number of ether oxygens (including phenoxy) is 10. The maximum absolute atomic E-state index is 13.2. The first-order chi connectivity index (χ1) is 36.1. The van der Waals surface area contributed by atoms with E-state index in [0.29, 0.717) is 122 Å². The molecule has 3 aromatic carbocycles. The predicted molar refractivity (Wildman–Crippen MR) is 282 cm³/mol. The van der Waals surface area contributed by atoms with Crippen LogP contribution in [0.25, 0.3) is 10.8 Å². The number of carboxylic acid groups (broad SMARTS) is 1. The van der Waals surface area contributed by atoms with Crippen LogP contribution in [0.2, 0.25) is 0 Å². The van der Waals surface area contributed by atoms with Crippen LogP contribution in [0.4, 0.5) is 21.0 Å². The number of alkyl halides is 1. The molecule has 0 saturated carbocycles. The second-order valence-corrected chi connectivity index (χ2v) is 19.0. The maximum atomic E-state index is 13.2. The van der Waals surface area contributed by atoms with Crippen molar-refractivity contribution in [1.29, 1.82) is 0 Å². The zero-order valence-electron chi connectivity index (χ0n) is 44.3. The van der Waals surface area contributed by atoms with Crippen molar-refractivity contribution in [1.82, 2.24) is 16.0 Å². The van der Waals surface area contributed by atoms with Gasteiger partial charge in [0.1, 0.15) is 30.0 Å². The highest BCUT2D eigenvalue weighted by molar-refractivity contribution is 6.19. The van der Waals surface area contributed by atoms with Crippen molar-refractivity contribution in [2.24, 2.45) is 5.92 Å². The molecule has 0 bridgehead atoms. The summed E-state index contributed by atoms with van der Waals surface area (Å²) < 4.78 is 55.3. The first kappa shape index (κ1) is 62.2. The van der Waals surface area contributed by atoms with E-state index in [0.717, 1.165) is 21.9 Å². The molecule has 0 aromatic heterocycles. The SMILES string of the molecule is CC(NC(=O)C(NC(=O)CCOCCOCCOCCOCCOCCOCCOCCOCCNC(=O)OC(C)(C)C)C(C)C)C(=O)Nc1ccc(COc2cc3c(c4ccccc24)[C@H](CCl)CN3C(=O)O)cc1. The van der Waals surface area contributed by atoms with Crippen LogP contribution < -0.4 is 30.9 Å². The Morgan fingerprint density at radius 2 is 1.19 bits per heavy atom. The molecule has 21 nitrogen and oxygen atoms in total. The molecule has 3 aromatic rings. The van der Waals surface area contributed by atoms with E-state index in [4.69, 9.17) is 59.0 Å². The largest absolute Gasteiger partial charge is 0.488 e. The van der Waals surface area contributed by atoms with E-state index in [1.807, 2.05) is 24.3 Å². The van der Waals surface area contributed by atoms with Gasteiger partial charge in [-0.25, -0.2) is 9.59 Å². The van der Waals surface area contributed by atoms with Crippen LogP contribution in [-0.4, -0.2) is 177 Å². The number of carbonyl (C=O) groups excluding carboxylic acids is 4. The summed E-state index contributed by atoms with van der Waals surface area (Å²) in [6.45, 7) is 17.5. The van der Waals surface area contributed by atoms with Gasteiger partial charge in [-0.05, 0) is 62.3 Å². The number of hydrogen-bond acceptors (Lipinski definition) is 15. The van der Waals surface area contributed by atoms with Gasteiger partial charge in [0.25, 0.3) is 0 Å². The molecule has 0 saturated heterocycles. The summed E-state index contributed by atoms with van der Waals surface area (Å²) in [6.07, 6.45) is -1.49. The molecule has 1 aliphatic rings. The maximum Gasteiger partial charge on any atom is 0.411 e. The zero-order valence-corrected chi connectivity index (χ0v) is 45.0. The van der Waals surface area contributed by atoms with Crippen molar-refractivity contribution in [3.05, 3.63) is 65.7 Å². The molecule has 75 heavy (non-hydrogen) atoms. The summed E-state index contributed by atoms with van der Waals surface area (Å²) in [5, 5.41) is 22.5. The zero-order chi connectivity index (χ0) is 54.4. The van der Waals surface area contributed by atoms with Gasteiger partial charge in [0.15, 0.2) is 0 Å². The highest BCUT2D eigenvalue weighted by Crippen LogP contribution is 2.45.